The molecule has 0 spiro atoms. The van der Waals surface area contributed by atoms with Crippen molar-refractivity contribution in [2.45, 2.75) is 30.6 Å². The Hall–Kier alpha value is -3.39. The number of aromatic nitrogens is 3. The second-order valence-corrected chi connectivity index (χ2v) is 12.1. The number of halogens is 1. The van der Waals surface area contributed by atoms with Gasteiger partial charge in [-0.2, -0.15) is 0 Å². The van der Waals surface area contributed by atoms with Gasteiger partial charge in [0.15, 0.2) is 5.82 Å². The summed E-state index contributed by atoms with van der Waals surface area (Å²) in [6.07, 6.45) is 5.64. The van der Waals surface area contributed by atoms with Crippen LogP contribution in [0.25, 0.3) is 21.8 Å². The molecule has 4 aromatic rings. The molecule has 0 radical (unpaired) electrons. The number of anilines is 2. The third-order valence-electron chi connectivity index (χ3n) is 6.72. The van der Waals surface area contributed by atoms with Crippen molar-refractivity contribution in [3.63, 3.8) is 0 Å². The number of hydrogen-bond acceptors (Lipinski definition) is 10. The molecule has 212 valence electrons. The van der Waals surface area contributed by atoms with Crippen molar-refractivity contribution in [2.24, 2.45) is 0 Å². The summed E-state index contributed by atoms with van der Waals surface area (Å²) in [6.45, 7) is 5.81. The van der Waals surface area contributed by atoms with Gasteiger partial charge in [0.25, 0.3) is 10.0 Å². The van der Waals surface area contributed by atoms with E-state index in [1.807, 2.05) is 7.05 Å². The van der Waals surface area contributed by atoms with E-state index in [2.05, 4.69) is 26.8 Å². The fraction of sp³-hybridized carbons (Fsp3) is 0.370. The Morgan fingerprint density at radius 3 is 2.75 bits per heavy atom. The van der Waals surface area contributed by atoms with Crippen molar-refractivity contribution in [1.82, 2.24) is 19.9 Å². The third kappa shape index (κ3) is 6.33. The van der Waals surface area contributed by atoms with E-state index in [4.69, 9.17) is 19.1 Å². The summed E-state index contributed by atoms with van der Waals surface area (Å²) in [5.41, 5.74) is 1.00. The van der Waals surface area contributed by atoms with Crippen molar-refractivity contribution < 1.29 is 22.0 Å². The molecule has 1 fully saturated rings. The summed E-state index contributed by atoms with van der Waals surface area (Å²) in [5, 5.41) is 4.12. The summed E-state index contributed by atoms with van der Waals surface area (Å²) >= 11 is 1.47. The highest BCUT2D eigenvalue weighted by atomic mass is 32.2. The van der Waals surface area contributed by atoms with Gasteiger partial charge in [0.1, 0.15) is 11.2 Å². The Labute approximate surface area is 236 Å². The number of ether oxygens (including phenoxy) is 1. The summed E-state index contributed by atoms with van der Waals surface area (Å²) < 4.78 is 54.2. The molecule has 0 aliphatic carbocycles. The van der Waals surface area contributed by atoms with Crippen molar-refractivity contribution >= 4 is 33.0 Å². The van der Waals surface area contributed by atoms with E-state index in [1.165, 1.54) is 29.7 Å². The van der Waals surface area contributed by atoms with Gasteiger partial charge >= 0.3 is 0 Å². The van der Waals surface area contributed by atoms with E-state index in [0.29, 0.717) is 42.0 Å². The Kier molecular flexibility index (Phi) is 8.74. The lowest BCUT2D eigenvalue weighted by Crippen LogP contribution is -2.25. The number of furan rings is 1. The van der Waals surface area contributed by atoms with Gasteiger partial charge in [0, 0.05) is 44.0 Å². The van der Waals surface area contributed by atoms with Crippen LogP contribution in [0.4, 0.5) is 16.0 Å². The Balaban J connectivity index is 1.52. The molecule has 5 rings (SSSR count). The van der Waals surface area contributed by atoms with Gasteiger partial charge < -0.3 is 19.4 Å². The molecule has 1 aliphatic rings. The van der Waals surface area contributed by atoms with Crippen LogP contribution in [0.1, 0.15) is 30.7 Å². The summed E-state index contributed by atoms with van der Waals surface area (Å²) in [6, 6.07) is 7.64. The zero-order valence-electron chi connectivity index (χ0n) is 22.3. The van der Waals surface area contributed by atoms with Gasteiger partial charge in [0.2, 0.25) is 5.95 Å². The molecule has 3 aromatic heterocycles. The average Bonchev–Trinajstić information content (AvgIpc) is 3.66. The summed E-state index contributed by atoms with van der Waals surface area (Å²) in [4.78, 5) is 16.7. The predicted octanol–water partition coefficient (Wildman–Crippen LogP) is 5.06. The molecule has 2 N–H and O–H groups in total. The molecule has 10 nitrogen and oxygen atoms in total. The fourth-order valence-corrected chi connectivity index (χ4v) is 6.50. The molecular weight excluding hydrogens is 555 g/mol. The highest BCUT2D eigenvalue weighted by Gasteiger charge is 2.27. The van der Waals surface area contributed by atoms with Crippen LogP contribution in [0.2, 0.25) is 0 Å². The van der Waals surface area contributed by atoms with Crippen molar-refractivity contribution in [3.05, 3.63) is 59.9 Å². The maximum absolute atomic E-state index is 16.0. The van der Waals surface area contributed by atoms with Gasteiger partial charge in [-0.15, -0.1) is 11.3 Å². The zero-order chi connectivity index (χ0) is 28.1. The summed E-state index contributed by atoms with van der Waals surface area (Å²) in [7, 11) is -2.00. The predicted molar refractivity (Wildman–Crippen MR) is 153 cm³/mol. The first-order chi connectivity index (χ1) is 19.4. The quantitative estimate of drug-likeness (QED) is 0.248. The van der Waals surface area contributed by atoms with E-state index >= 15 is 4.39 Å². The van der Waals surface area contributed by atoms with Crippen molar-refractivity contribution in [3.8, 4) is 21.8 Å². The number of sulfonamides is 1. The number of thiazole rings is 1. The van der Waals surface area contributed by atoms with Gasteiger partial charge in [-0.3, -0.25) is 4.72 Å². The molecule has 40 heavy (non-hydrogen) atoms. The van der Waals surface area contributed by atoms with Crippen LogP contribution in [-0.2, 0) is 14.8 Å². The molecule has 1 aliphatic heterocycles. The monoisotopic (exact) mass is 586 g/mol. The first kappa shape index (κ1) is 28.1. The topological polar surface area (TPSA) is 122 Å². The lowest BCUT2D eigenvalue weighted by atomic mass is 10.0. The highest BCUT2D eigenvalue weighted by molar-refractivity contribution is 7.92. The highest BCUT2D eigenvalue weighted by Crippen LogP contribution is 2.42. The molecule has 0 atom stereocenters. The number of hydrogen-bond donors (Lipinski definition) is 2. The number of likely N-dealkylation sites (N-methyl/N-ethyl adjacent to an activating group) is 1. The number of nitrogens with zero attached hydrogens (tertiary/aromatic N) is 4. The molecule has 4 heterocycles. The molecule has 1 saturated heterocycles. The first-order valence-corrected chi connectivity index (χ1v) is 15.3. The van der Waals surface area contributed by atoms with E-state index in [0.717, 1.165) is 37.2 Å². The molecule has 0 amide bonds. The maximum Gasteiger partial charge on any atom is 0.265 e. The lowest BCUT2D eigenvalue weighted by molar-refractivity contribution is 0.0853. The standard InChI is InChI=1S/C27H31FN6O4S2/c1-3-34(2)13-12-30-27-29-11-7-22(31-27)25-24(32-26(39-25)18-8-14-37-15-9-18)20-5-4-6-21(23(20)28)33-40(35,36)19-10-16-38-17-19/h4-7,10-11,16-18,33H,3,8-9,12-15H2,1-2H3,(H,29,30,31). The van der Waals surface area contributed by atoms with Gasteiger partial charge in [-0.1, -0.05) is 13.0 Å². The zero-order valence-corrected chi connectivity index (χ0v) is 23.9. The summed E-state index contributed by atoms with van der Waals surface area (Å²) in [5.74, 6) is -0.0770. The largest absolute Gasteiger partial charge is 0.471 e. The van der Waals surface area contributed by atoms with Crippen LogP contribution in [0, 0.1) is 5.82 Å². The van der Waals surface area contributed by atoms with Crippen LogP contribution in [0.5, 0.6) is 0 Å². The maximum atomic E-state index is 16.0. The van der Waals surface area contributed by atoms with Crippen LogP contribution >= 0.6 is 11.3 Å². The second kappa shape index (κ2) is 12.4. The Bertz CT molecular complexity index is 1540. The van der Waals surface area contributed by atoms with E-state index in [-0.39, 0.29) is 22.1 Å². The van der Waals surface area contributed by atoms with E-state index in [1.54, 1.807) is 24.4 Å². The van der Waals surface area contributed by atoms with E-state index < -0.39 is 15.8 Å². The second-order valence-electron chi connectivity index (χ2n) is 9.44. The normalized spacial score (nSPS) is 14.5. The molecule has 0 unspecified atom stereocenters. The molecule has 0 saturated carbocycles. The smallest absolute Gasteiger partial charge is 0.265 e. The molecular formula is C27H31FN6O4S2. The molecule has 0 bridgehead atoms. The minimum Gasteiger partial charge on any atom is -0.471 e. The van der Waals surface area contributed by atoms with Crippen LogP contribution in [-0.4, -0.2) is 68.2 Å². The number of rotatable bonds is 11. The van der Waals surface area contributed by atoms with Crippen LogP contribution in [0.3, 0.4) is 0 Å². The minimum atomic E-state index is -4.04. The van der Waals surface area contributed by atoms with Crippen LogP contribution in [0.15, 0.2) is 58.4 Å². The average molecular weight is 587 g/mol. The SMILES string of the molecule is CCN(C)CCNc1nccc(-c2sc(C3CCOCC3)nc2-c2cccc(NS(=O)(=O)c3ccoc3)c2F)n1. The Morgan fingerprint density at radius 2 is 2.00 bits per heavy atom. The van der Waals surface area contributed by atoms with Crippen molar-refractivity contribution in [1.29, 1.82) is 0 Å². The van der Waals surface area contributed by atoms with Crippen molar-refractivity contribution in [2.75, 3.05) is 49.9 Å². The van der Waals surface area contributed by atoms with Crippen LogP contribution < -0.4 is 10.0 Å². The number of nitrogens with one attached hydrogen (secondary N) is 2. The molecule has 1 aromatic carbocycles. The fourth-order valence-electron chi connectivity index (χ4n) is 4.30. The van der Waals surface area contributed by atoms with Gasteiger partial charge in [-0.25, -0.2) is 27.8 Å². The van der Waals surface area contributed by atoms with Gasteiger partial charge in [0.05, 0.1) is 33.2 Å². The Morgan fingerprint density at radius 1 is 1.18 bits per heavy atom. The van der Waals surface area contributed by atoms with E-state index in [9.17, 15) is 8.42 Å². The third-order valence-corrected chi connectivity index (χ3v) is 9.30. The minimum absolute atomic E-state index is 0.0976. The number of benzene rings is 1. The van der Waals surface area contributed by atoms with Gasteiger partial charge in [-0.05, 0) is 50.7 Å². The lowest BCUT2D eigenvalue weighted by Gasteiger charge is -2.19. The first-order valence-electron chi connectivity index (χ1n) is 13.0. The molecule has 13 heteroatoms.